The number of para-hydroxylation sites is 1. The first kappa shape index (κ1) is 18.9. The second-order valence-electron chi connectivity index (χ2n) is 6.59. The summed E-state index contributed by atoms with van der Waals surface area (Å²) in [6.07, 6.45) is 1.64. The minimum Gasteiger partial charge on any atom is -0.493 e. The highest BCUT2D eigenvalue weighted by Crippen LogP contribution is 2.25. The van der Waals surface area contributed by atoms with Crippen LogP contribution in [0.15, 0.2) is 63.5 Å². The maximum Gasteiger partial charge on any atom is 0.262 e. The monoisotopic (exact) mass is 405 g/mol. The Morgan fingerprint density at radius 2 is 1.97 bits per heavy atom. The minimum absolute atomic E-state index is 0.209. The van der Waals surface area contributed by atoms with Gasteiger partial charge >= 0.3 is 0 Å². The van der Waals surface area contributed by atoms with Gasteiger partial charge in [0.05, 0.1) is 12.8 Å². The molecular weight excluding hydrogens is 386 g/mol. The molecule has 1 amide bonds. The van der Waals surface area contributed by atoms with Gasteiger partial charge in [-0.3, -0.25) is 10.1 Å². The third-order valence-electron chi connectivity index (χ3n) is 4.29. The van der Waals surface area contributed by atoms with Gasteiger partial charge in [0.25, 0.3) is 5.91 Å². The van der Waals surface area contributed by atoms with E-state index >= 15 is 0 Å². The smallest absolute Gasteiger partial charge is 0.262 e. The van der Waals surface area contributed by atoms with Crippen LogP contribution in [0, 0.1) is 13.8 Å². The van der Waals surface area contributed by atoms with Gasteiger partial charge < -0.3 is 9.15 Å². The van der Waals surface area contributed by atoms with Crippen molar-refractivity contribution in [3.05, 3.63) is 76.3 Å². The lowest BCUT2D eigenvalue weighted by atomic mass is 10.1. The van der Waals surface area contributed by atoms with Gasteiger partial charge in [0, 0.05) is 17.0 Å². The zero-order valence-corrected chi connectivity index (χ0v) is 17.0. The van der Waals surface area contributed by atoms with Crippen molar-refractivity contribution in [3.63, 3.8) is 0 Å². The highest BCUT2D eigenvalue weighted by Gasteiger charge is 2.16. The molecule has 0 unspecified atom stereocenters. The summed E-state index contributed by atoms with van der Waals surface area (Å²) in [5, 5.41) is 5.85. The van der Waals surface area contributed by atoms with Crippen molar-refractivity contribution in [1.29, 1.82) is 0 Å². The number of benzene rings is 2. The number of ether oxygens (including phenoxy) is 1. The Morgan fingerprint density at radius 3 is 2.66 bits per heavy atom. The molecule has 6 nitrogen and oxygen atoms in total. The van der Waals surface area contributed by atoms with Crippen molar-refractivity contribution in [1.82, 2.24) is 4.98 Å². The number of anilines is 1. The van der Waals surface area contributed by atoms with Gasteiger partial charge in [-0.2, -0.15) is 0 Å². The molecule has 0 bridgehead atoms. The van der Waals surface area contributed by atoms with E-state index < -0.39 is 0 Å². The molecule has 0 saturated carbocycles. The fourth-order valence-electron chi connectivity index (χ4n) is 3.11. The average molecular weight is 405 g/mol. The topological polar surface area (TPSA) is 76.7 Å². The molecule has 4 rings (SSSR count). The Morgan fingerprint density at radius 1 is 1.17 bits per heavy atom. The number of rotatable bonds is 4. The first-order valence-electron chi connectivity index (χ1n) is 8.98. The summed E-state index contributed by atoms with van der Waals surface area (Å²) >= 11 is 1.35. The molecule has 1 N–H and O–H groups in total. The number of hydrogen-bond acceptors (Lipinski definition) is 6. The lowest BCUT2D eigenvalue weighted by Gasteiger charge is -2.08. The third-order valence-corrected chi connectivity index (χ3v) is 4.98. The van der Waals surface area contributed by atoms with E-state index in [2.05, 4.69) is 21.4 Å². The Hall–Kier alpha value is -3.45. The number of methoxy groups -OCH3 is 1. The second kappa shape index (κ2) is 7.89. The fraction of sp³-hybridized carbons (Fsp3) is 0.136. The molecule has 7 heteroatoms. The first-order valence-corrected chi connectivity index (χ1v) is 9.86. The summed E-state index contributed by atoms with van der Waals surface area (Å²) < 4.78 is 11.5. The standard InChI is InChI=1S/C22H19N3O3S/c1-13-9-14(2)11-16(10-13)24-21-17(20(26)25-22-23-7-8-29-22)12-15-5-4-6-18(27-3)19(15)28-21/h4-12H,1-3H3,(H,23,25,26). The molecule has 2 aromatic heterocycles. The van der Waals surface area contributed by atoms with Crippen molar-refractivity contribution in [2.75, 3.05) is 12.4 Å². The zero-order chi connectivity index (χ0) is 20.4. The lowest BCUT2D eigenvalue weighted by Crippen LogP contribution is -2.21. The van der Waals surface area contributed by atoms with Crippen molar-refractivity contribution in [3.8, 4) is 5.75 Å². The molecule has 2 aromatic carbocycles. The lowest BCUT2D eigenvalue weighted by molar-refractivity contribution is 0.102. The molecule has 0 aliphatic rings. The summed E-state index contributed by atoms with van der Waals surface area (Å²) in [4.78, 5) is 21.7. The van der Waals surface area contributed by atoms with Crippen LogP contribution in [0.3, 0.4) is 0 Å². The SMILES string of the molecule is COc1cccc2cc(C(=O)Nc3nccs3)c(=Nc3cc(C)cc(C)c3)oc12. The van der Waals surface area contributed by atoms with Crippen molar-refractivity contribution >= 4 is 39.0 Å². The van der Waals surface area contributed by atoms with Crippen LogP contribution < -0.4 is 15.6 Å². The number of amides is 1. The van der Waals surface area contributed by atoms with E-state index in [9.17, 15) is 4.79 Å². The van der Waals surface area contributed by atoms with Gasteiger partial charge in [0.1, 0.15) is 5.56 Å². The summed E-state index contributed by atoms with van der Waals surface area (Å²) in [6.45, 7) is 4.01. The maximum absolute atomic E-state index is 13.0. The summed E-state index contributed by atoms with van der Waals surface area (Å²) in [7, 11) is 1.58. The van der Waals surface area contributed by atoms with Crippen LogP contribution in [0.25, 0.3) is 11.0 Å². The quantitative estimate of drug-likeness (QED) is 0.518. The molecule has 29 heavy (non-hydrogen) atoms. The van der Waals surface area contributed by atoms with Crippen LogP contribution in [0.2, 0.25) is 0 Å². The molecule has 0 saturated heterocycles. The van der Waals surface area contributed by atoms with Gasteiger partial charge in [-0.1, -0.05) is 18.2 Å². The van der Waals surface area contributed by atoms with Crippen molar-refractivity contribution in [2.45, 2.75) is 13.8 Å². The number of aryl methyl sites for hydroxylation is 2. The Labute approximate surface area is 171 Å². The zero-order valence-electron chi connectivity index (χ0n) is 16.2. The number of nitrogens with one attached hydrogen (secondary N) is 1. The maximum atomic E-state index is 13.0. The Bertz CT molecular complexity index is 1240. The molecule has 0 aliphatic carbocycles. The van der Waals surface area contributed by atoms with E-state index in [0.29, 0.717) is 27.7 Å². The van der Waals surface area contributed by atoms with E-state index in [4.69, 9.17) is 9.15 Å². The van der Waals surface area contributed by atoms with E-state index in [1.54, 1.807) is 24.8 Å². The number of fused-ring (bicyclic) bond motifs is 1. The number of thiazole rings is 1. The molecule has 0 radical (unpaired) electrons. The van der Waals surface area contributed by atoms with Crippen LogP contribution in [0.4, 0.5) is 10.8 Å². The van der Waals surface area contributed by atoms with Gasteiger partial charge in [0.2, 0.25) is 5.55 Å². The number of hydrogen-bond donors (Lipinski definition) is 1. The number of aromatic nitrogens is 1. The van der Waals surface area contributed by atoms with E-state index in [0.717, 1.165) is 16.5 Å². The van der Waals surface area contributed by atoms with Crippen LogP contribution in [-0.2, 0) is 0 Å². The van der Waals surface area contributed by atoms with Crippen molar-refractivity contribution < 1.29 is 13.9 Å². The summed E-state index contributed by atoms with van der Waals surface area (Å²) in [6, 6.07) is 13.2. The highest BCUT2D eigenvalue weighted by atomic mass is 32.1. The molecule has 0 atom stereocenters. The largest absolute Gasteiger partial charge is 0.493 e. The molecule has 2 heterocycles. The summed E-state index contributed by atoms with van der Waals surface area (Å²) in [5.74, 6) is 0.239. The molecule has 0 fully saturated rings. The highest BCUT2D eigenvalue weighted by molar-refractivity contribution is 7.13. The van der Waals surface area contributed by atoms with Crippen LogP contribution >= 0.6 is 11.3 Å². The molecule has 0 spiro atoms. The average Bonchev–Trinajstić information content (AvgIpc) is 3.19. The molecule has 146 valence electrons. The number of nitrogens with zero attached hydrogens (tertiary/aromatic N) is 2. The minimum atomic E-state index is -0.337. The van der Waals surface area contributed by atoms with E-state index in [1.807, 2.05) is 44.2 Å². The van der Waals surface area contributed by atoms with Crippen LogP contribution in [0.5, 0.6) is 5.75 Å². The van der Waals surface area contributed by atoms with E-state index in [-0.39, 0.29) is 11.5 Å². The normalized spacial score (nSPS) is 11.6. The Kier molecular flexibility index (Phi) is 5.14. The van der Waals surface area contributed by atoms with Gasteiger partial charge in [-0.25, -0.2) is 9.98 Å². The number of carbonyl (C=O) groups excluding carboxylic acids is 1. The fourth-order valence-corrected chi connectivity index (χ4v) is 3.64. The second-order valence-corrected chi connectivity index (χ2v) is 7.49. The predicted octanol–water partition coefficient (Wildman–Crippen LogP) is 5.00. The van der Waals surface area contributed by atoms with Crippen LogP contribution in [0.1, 0.15) is 21.5 Å². The predicted molar refractivity (Wildman–Crippen MR) is 114 cm³/mol. The summed E-state index contributed by atoms with van der Waals surface area (Å²) in [5.41, 5.74) is 3.93. The van der Waals surface area contributed by atoms with Crippen LogP contribution in [-0.4, -0.2) is 18.0 Å². The van der Waals surface area contributed by atoms with Gasteiger partial charge in [-0.05, 0) is 49.2 Å². The number of carbonyl (C=O) groups is 1. The third kappa shape index (κ3) is 4.05. The molecular formula is C22H19N3O3S. The van der Waals surface area contributed by atoms with Gasteiger partial charge in [-0.15, -0.1) is 11.3 Å². The molecule has 4 aromatic rings. The Balaban J connectivity index is 1.93. The van der Waals surface area contributed by atoms with Gasteiger partial charge in [0.15, 0.2) is 16.5 Å². The first-order chi connectivity index (χ1) is 14.0. The molecule has 0 aliphatic heterocycles. The van der Waals surface area contributed by atoms with Crippen molar-refractivity contribution in [2.24, 2.45) is 4.99 Å². The van der Waals surface area contributed by atoms with E-state index in [1.165, 1.54) is 11.3 Å².